The summed E-state index contributed by atoms with van der Waals surface area (Å²) in [6.45, 7) is 7.49. The predicted molar refractivity (Wildman–Crippen MR) is 68.6 cm³/mol. The molecule has 1 saturated heterocycles. The van der Waals surface area contributed by atoms with Crippen LogP contribution in [0.1, 0.15) is 26.2 Å². The van der Waals surface area contributed by atoms with Crippen LogP contribution in [0, 0.1) is 5.41 Å². The van der Waals surface area contributed by atoms with E-state index >= 15 is 0 Å². The summed E-state index contributed by atoms with van der Waals surface area (Å²) in [4.78, 5) is 5.18. The van der Waals surface area contributed by atoms with E-state index in [0.717, 1.165) is 6.04 Å². The summed E-state index contributed by atoms with van der Waals surface area (Å²) in [7, 11) is 2.25. The molecule has 0 aromatic carbocycles. The summed E-state index contributed by atoms with van der Waals surface area (Å²) < 4.78 is 0. The number of likely N-dealkylation sites (N-methyl/N-ethyl adjacent to an activating group) is 1. The molecule has 2 aliphatic rings. The molecule has 0 spiro atoms. The number of rotatable bonds is 3. The minimum Gasteiger partial charge on any atom is -0.305 e. The van der Waals surface area contributed by atoms with Crippen molar-refractivity contribution in [1.82, 2.24) is 9.80 Å². The van der Waals surface area contributed by atoms with Crippen molar-refractivity contribution in [2.24, 2.45) is 5.41 Å². The fourth-order valence-corrected chi connectivity index (χ4v) is 3.34. The molecule has 2 fully saturated rings. The second kappa shape index (κ2) is 4.72. The first-order valence-electron chi connectivity index (χ1n) is 6.14. The minimum absolute atomic E-state index is 0.636. The fraction of sp³-hybridized carbons (Fsp3) is 1.00. The molecule has 1 heterocycles. The maximum atomic E-state index is 3.67. The largest absolute Gasteiger partial charge is 0.305 e. The van der Waals surface area contributed by atoms with E-state index in [1.165, 1.54) is 50.8 Å². The predicted octanol–water partition coefficient (Wildman–Crippen LogP) is 2.19. The van der Waals surface area contributed by atoms with Crippen LogP contribution in [-0.4, -0.2) is 54.4 Å². The first-order chi connectivity index (χ1) is 7.15. The molecule has 0 bridgehead atoms. The summed E-state index contributed by atoms with van der Waals surface area (Å²) in [5.74, 6) is 0. The van der Waals surface area contributed by atoms with Gasteiger partial charge in [-0.15, -0.1) is 0 Å². The fourth-order valence-electron chi connectivity index (χ4n) is 2.60. The Morgan fingerprint density at radius 2 is 2.07 bits per heavy atom. The van der Waals surface area contributed by atoms with Crippen LogP contribution in [0.3, 0.4) is 0 Å². The van der Waals surface area contributed by atoms with E-state index in [1.807, 2.05) is 0 Å². The molecular weight excluding hydrogens is 252 g/mol. The van der Waals surface area contributed by atoms with Crippen LogP contribution in [0.25, 0.3) is 0 Å². The zero-order chi connectivity index (χ0) is 10.9. The molecule has 88 valence electrons. The number of alkyl halides is 1. The molecule has 1 saturated carbocycles. The van der Waals surface area contributed by atoms with Crippen molar-refractivity contribution < 1.29 is 0 Å². The quantitative estimate of drug-likeness (QED) is 0.728. The molecule has 1 unspecified atom stereocenters. The Labute approximate surface area is 102 Å². The molecule has 2 nitrogen and oxygen atoms in total. The van der Waals surface area contributed by atoms with E-state index in [1.54, 1.807) is 0 Å². The van der Waals surface area contributed by atoms with Gasteiger partial charge in [0.25, 0.3) is 0 Å². The van der Waals surface area contributed by atoms with Gasteiger partial charge in [-0.25, -0.2) is 0 Å². The third-order valence-electron chi connectivity index (χ3n) is 3.96. The Balaban J connectivity index is 1.90. The molecule has 15 heavy (non-hydrogen) atoms. The van der Waals surface area contributed by atoms with Crippen LogP contribution in [-0.2, 0) is 0 Å². The van der Waals surface area contributed by atoms with Crippen LogP contribution < -0.4 is 0 Å². The van der Waals surface area contributed by atoms with Gasteiger partial charge in [0, 0.05) is 24.5 Å². The lowest BCUT2D eigenvalue weighted by Gasteiger charge is -2.31. The average molecular weight is 275 g/mol. The molecule has 1 atom stereocenters. The monoisotopic (exact) mass is 274 g/mol. The highest BCUT2D eigenvalue weighted by Crippen LogP contribution is 2.47. The Morgan fingerprint density at radius 1 is 1.33 bits per heavy atom. The highest BCUT2D eigenvalue weighted by atomic mass is 79.9. The Bertz CT molecular complexity index is 216. The zero-order valence-corrected chi connectivity index (χ0v) is 11.6. The van der Waals surface area contributed by atoms with Crippen molar-refractivity contribution in [3.63, 3.8) is 0 Å². The van der Waals surface area contributed by atoms with Gasteiger partial charge < -0.3 is 4.90 Å². The normalized spacial score (nSPS) is 32.6. The minimum atomic E-state index is 0.636. The molecule has 0 aromatic rings. The van der Waals surface area contributed by atoms with Crippen LogP contribution in [0.4, 0.5) is 0 Å². The number of nitrogens with zero attached hydrogens (tertiary/aromatic N) is 2. The van der Waals surface area contributed by atoms with E-state index in [2.05, 4.69) is 39.7 Å². The number of hydrogen-bond donors (Lipinski definition) is 0. The third-order valence-corrected chi connectivity index (χ3v) is 5.15. The highest BCUT2D eigenvalue weighted by molar-refractivity contribution is 9.09. The van der Waals surface area contributed by atoms with Gasteiger partial charge in [-0.2, -0.15) is 0 Å². The van der Waals surface area contributed by atoms with Crippen LogP contribution >= 0.6 is 15.9 Å². The van der Waals surface area contributed by atoms with Crippen LogP contribution in [0.5, 0.6) is 0 Å². The van der Waals surface area contributed by atoms with E-state index in [-0.39, 0.29) is 0 Å². The Hall–Kier alpha value is 0.400. The van der Waals surface area contributed by atoms with Gasteiger partial charge in [-0.3, -0.25) is 4.90 Å². The van der Waals surface area contributed by atoms with Gasteiger partial charge in [0.1, 0.15) is 0 Å². The molecule has 1 aliphatic heterocycles. The lowest BCUT2D eigenvalue weighted by Crippen LogP contribution is -2.41. The van der Waals surface area contributed by atoms with Crippen molar-refractivity contribution in [2.45, 2.75) is 32.2 Å². The number of halogens is 1. The average Bonchev–Trinajstić information content (AvgIpc) is 2.97. The number of hydrogen-bond acceptors (Lipinski definition) is 2. The summed E-state index contributed by atoms with van der Waals surface area (Å²) in [6, 6.07) is 0.731. The molecule has 0 N–H and O–H groups in total. The first kappa shape index (κ1) is 11.9. The SMILES string of the molecule is CC1CN(C)CCCN1CC1(CBr)CC1. The lowest BCUT2D eigenvalue weighted by molar-refractivity contribution is 0.173. The third kappa shape index (κ3) is 2.95. The van der Waals surface area contributed by atoms with E-state index in [4.69, 9.17) is 0 Å². The molecular formula is C12H23BrN2. The van der Waals surface area contributed by atoms with E-state index in [0.29, 0.717) is 5.41 Å². The van der Waals surface area contributed by atoms with Gasteiger partial charge in [0.05, 0.1) is 0 Å². The summed E-state index contributed by atoms with van der Waals surface area (Å²) >= 11 is 3.67. The van der Waals surface area contributed by atoms with Gasteiger partial charge in [-0.1, -0.05) is 15.9 Å². The van der Waals surface area contributed by atoms with Gasteiger partial charge in [-0.05, 0) is 51.7 Å². The molecule has 0 aromatic heterocycles. The first-order valence-corrected chi connectivity index (χ1v) is 7.26. The van der Waals surface area contributed by atoms with Gasteiger partial charge in [0.15, 0.2) is 0 Å². The van der Waals surface area contributed by atoms with E-state index in [9.17, 15) is 0 Å². The van der Waals surface area contributed by atoms with Crippen LogP contribution in [0.15, 0.2) is 0 Å². The van der Waals surface area contributed by atoms with Crippen molar-refractivity contribution in [2.75, 3.05) is 38.6 Å². The maximum absolute atomic E-state index is 3.67. The van der Waals surface area contributed by atoms with Crippen LogP contribution in [0.2, 0.25) is 0 Å². The van der Waals surface area contributed by atoms with Crippen molar-refractivity contribution >= 4 is 15.9 Å². The second-order valence-corrected chi connectivity index (χ2v) is 6.13. The second-order valence-electron chi connectivity index (χ2n) is 5.57. The summed E-state index contributed by atoms with van der Waals surface area (Å²) in [6.07, 6.45) is 4.19. The molecule has 0 radical (unpaired) electrons. The Morgan fingerprint density at radius 3 is 2.67 bits per heavy atom. The van der Waals surface area contributed by atoms with E-state index < -0.39 is 0 Å². The summed E-state index contributed by atoms with van der Waals surface area (Å²) in [5, 5.41) is 1.19. The van der Waals surface area contributed by atoms with Crippen molar-refractivity contribution in [1.29, 1.82) is 0 Å². The molecule has 1 aliphatic carbocycles. The topological polar surface area (TPSA) is 6.48 Å². The molecule has 0 amide bonds. The highest BCUT2D eigenvalue weighted by Gasteiger charge is 2.43. The van der Waals surface area contributed by atoms with Crippen molar-refractivity contribution in [3.8, 4) is 0 Å². The maximum Gasteiger partial charge on any atom is 0.0195 e. The standard InChI is InChI=1S/C12H23BrN2/c1-11-8-14(2)6-3-7-15(11)10-12(9-13)4-5-12/h11H,3-10H2,1-2H3. The van der Waals surface area contributed by atoms with Crippen molar-refractivity contribution in [3.05, 3.63) is 0 Å². The van der Waals surface area contributed by atoms with Gasteiger partial charge in [0.2, 0.25) is 0 Å². The molecule has 2 rings (SSSR count). The lowest BCUT2D eigenvalue weighted by atomic mass is 10.1. The molecule has 3 heteroatoms. The van der Waals surface area contributed by atoms with Gasteiger partial charge >= 0.3 is 0 Å². The Kier molecular flexibility index (Phi) is 3.74. The zero-order valence-electron chi connectivity index (χ0n) is 10.0. The smallest absolute Gasteiger partial charge is 0.0195 e. The summed E-state index contributed by atoms with van der Waals surface area (Å²) in [5.41, 5.74) is 0.636.